The maximum Gasteiger partial charge on any atom is 0.316 e. The standard InChI is InChI=1S/C22H21FN4O3/c1-14(23)30-20-7-5-4-6-16(20)13-27-19-10-15(8-9-18(19)21(28)26(27)2)17-11-24-22(29-3)25-12-17/h4-12,14H,13H2,1-3H3. The molecule has 4 rings (SSSR count). The van der Waals surface area contributed by atoms with Crippen LogP contribution in [-0.2, 0) is 13.6 Å². The molecule has 2 aromatic carbocycles. The maximum absolute atomic E-state index is 13.4. The molecule has 154 valence electrons. The van der Waals surface area contributed by atoms with Gasteiger partial charge in [0, 0.05) is 37.5 Å². The lowest BCUT2D eigenvalue weighted by atomic mass is 10.1. The van der Waals surface area contributed by atoms with Gasteiger partial charge < -0.3 is 9.47 Å². The highest BCUT2D eigenvalue weighted by Crippen LogP contribution is 2.26. The molecule has 0 aliphatic rings. The number of hydrogen-bond donors (Lipinski definition) is 0. The van der Waals surface area contributed by atoms with Crippen LogP contribution in [0.25, 0.3) is 22.0 Å². The first-order valence-corrected chi connectivity index (χ1v) is 9.42. The quantitative estimate of drug-likeness (QED) is 0.488. The second-order valence-corrected chi connectivity index (χ2v) is 6.85. The minimum Gasteiger partial charge on any atom is -0.467 e. The Kier molecular flexibility index (Phi) is 5.22. The lowest BCUT2D eigenvalue weighted by molar-refractivity contribution is 0.0847. The molecule has 0 N–H and O–H groups in total. The van der Waals surface area contributed by atoms with E-state index in [1.165, 1.54) is 14.0 Å². The average molecular weight is 408 g/mol. The van der Waals surface area contributed by atoms with E-state index in [2.05, 4.69) is 9.97 Å². The zero-order chi connectivity index (χ0) is 21.3. The smallest absolute Gasteiger partial charge is 0.316 e. The van der Waals surface area contributed by atoms with Crippen molar-refractivity contribution in [1.29, 1.82) is 0 Å². The summed E-state index contributed by atoms with van der Waals surface area (Å²) in [6.07, 6.45) is 1.91. The summed E-state index contributed by atoms with van der Waals surface area (Å²) < 4.78 is 27.1. The normalized spacial score (nSPS) is 12.1. The van der Waals surface area contributed by atoms with Crippen LogP contribution in [0.5, 0.6) is 11.8 Å². The topological polar surface area (TPSA) is 71.2 Å². The number of para-hydroxylation sites is 1. The largest absolute Gasteiger partial charge is 0.467 e. The number of benzene rings is 2. The van der Waals surface area contributed by atoms with Gasteiger partial charge in [-0.25, -0.2) is 14.4 Å². The van der Waals surface area contributed by atoms with E-state index in [1.807, 2.05) is 28.9 Å². The second kappa shape index (κ2) is 7.98. The Morgan fingerprint density at radius 2 is 1.83 bits per heavy atom. The Balaban J connectivity index is 1.80. The van der Waals surface area contributed by atoms with Gasteiger partial charge in [0.2, 0.25) is 6.36 Å². The molecule has 0 amide bonds. The zero-order valence-electron chi connectivity index (χ0n) is 16.9. The van der Waals surface area contributed by atoms with E-state index in [-0.39, 0.29) is 11.6 Å². The van der Waals surface area contributed by atoms with Crippen LogP contribution in [0, 0.1) is 0 Å². The third-order valence-electron chi connectivity index (χ3n) is 4.89. The number of alkyl halides is 1. The third kappa shape index (κ3) is 3.63. The molecule has 2 heterocycles. The summed E-state index contributed by atoms with van der Waals surface area (Å²) in [6, 6.07) is 13.1. The van der Waals surface area contributed by atoms with Gasteiger partial charge in [0.25, 0.3) is 5.56 Å². The van der Waals surface area contributed by atoms with E-state index in [0.29, 0.717) is 17.7 Å². The molecule has 0 bridgehead atoms. The van der Waals surface area contributed by atoms with Crippen molar-refractivity contribution < 1.29 is 13.9 Å². The lowest BCUT2D eigenvalue weighted by Gasteiger charge is -2.15. The number of ether oxygens (including phenoxy) is 2. The van der Waals surface area contributed by atoms with Crippen molar-refractivity contribution >= 4 is 10.9 Å². The maximum atomic E-state index is 13.4. The molecule has 0 fully saturated rings. The first-order valence-electron chi connectivity index (χ1n) is 9.42. The second-order valence-electron chi connectivity index (χ2n) is 6.85. The number of halogens is 1. The van der Waals surface area contributed by atoms with Gasteiger partial charge in [-0.15, -0.1) is 0 Å². The highest BCUT2D eigenvalue weighted by Gasteiger charge is 2.15. The van der Waals surface area contributed by atoms with E-state index in [4.69, 9.17) is 9.47 Å². The highest BCUT2D eigenvalue weighted by molar-refractivity contribution is 5.84. The third-order valence-corrected chi connectivity index (χ3v) is 4.89. The summed E-state index contributed by atoms with van der Waals surface area (Å²) in [4.78, 5) is 21.0. The molecule has 1 atom stereocenters. The van der Waals surface area contributed by atoms with Gasteiger partial charge in [-0.05, 0) is 23.8 Å². The number of nitrogens with zero attached hydrogens (tertiary/aromatic N) is 4. The fraction of sp³-hybridized carbons (Fsp3) is 0.227. The van der Waals surface area contributed by atoms with Crippen molar-refractivity contribution in [1.82, 2.24) is 19.3 Å². The molecule has 0 aliphatic heterocycles. The molecular weight excluding hydrogens is 387 g/mol. The summed E-state index contributed by atoms with van der Waals surface area (Å²) in [5, 5.41) is 0.591. The first-order chi connectivity index (χ1) is 14.5. The number of methoxy groups -OCH3 is 1. The summed E-state index contributed by atoms with van der Waals surface area (Å²) in [6.45, 7) is 1.68. The van der Waals surface area contributed by atoms with E-state index < -0.39 is 6.36 Å². The van der Waals surface area contributed by atoms with E-state index in [1.54, 1.807) is 42.3 Å². The molecule has 4 aromatic rings. The number of rotatable bonds is 6. The van der Waals surface area contributed by atoms with Gasteiger partial charge in [-0.2, -0.15) is 0 Å². The Morgan fingerprint density at radius 1 is 1.10 bits per heavy atom. The average Bonchev–Trinajstić information content (AvgIpc) is 2.99. The van der Waals surface area contributed by atoms with Gasteiger partial charge in [0.1, 0.15) is 5.75 Å². The molecule has 30 heavy (non-hydrogen) atoms. The lowest BCUT2D eigenvalue weighted by Crippen LogP contribution is -2.20. The molecule has 0 saturated heterocycles. The van der Waals surface area contributed by atoms with Crippen LogP contribution in [0.4, 0.5) is 4.39 Å². The zero-order valence-corrected chi connectivity index (χ0v) is 16.9. The van der Waals surface area contributed by atoms with Crippen molar-refractivity contribution in [3.05, 3.63) is 70.8 Å². The van der Waals surface area contributed by atoms with Crippen molar-refractivity contribution in [3.8, 4) is 22.9 Å². The van der Waals surface area contributed by atoms with Gasteiger partial charge in [-0.1, -0.05) is 24.3 Å². The predicted octanol–water partition coefficient (Wildman–Crippen LogP) is 3.55. The molecule has 7 nitrogen and oxygen atoms in total. The first kappa shape index (κ1) is 19.6. The SMILES string of the molecule is COc1ncc(-c2ccc3c(=O)n(C)n(Cc4ccccc4OC(C)F)c3c2)cn1. The Bertz CT molecular complexity index is 1250. The van der Waals surface area contributed by atoms with Gasteiger partial charge in [0.05, 0.1) is 24.6 Å². The van der Waals surface area contributed by atoms with Crippen LogP contribution in [0.1, 0.15) is 12.5 Å². The van der Waals surface area contributed by atoms with Crippen LogP contribution < -0.4 is 15.0 Å². The van der Waals surface area contributed by atoms with E-state index >= 15 is 0 Å². The highest BCUT2D eigenvalue weighted by atomic mass is 19.1. The van der Waals surface area contributed by atoms with Crippen LogP contribution in [-0.4, -0.2) is 32.8 Å². The fourth-order valence-corrected chi connectivity index (χ4v) is 3.40. The van der Waals surface area contributed by atoms with Gasteiger partial charge in [0.15, 0.2) is 0 Å². The molecule has 2 aromatic heterocycles. The molecule has 0 spiro atoms. The van der Waals surface area contributed by atoms with Crippen molar-refractivity contribution in [2.45, 2.75) is 19.8 Å². The molecule has 0 aliphatic carbocycles. The monoisotopic (exact) mass is 408 g/mol. The summed E-state index contributed by atoms with van der Waals surface area (Å²) in [7, 11) is 3.22. The summed E-state index contributed by atoms with van der Waals surface area (Å²) >= 11 is 0. The molecule has 8 heteroatoms. The number of hydrogen-bond acceptors (Lipinski definition) is 5. The Labute approximate surface area is 172 Å². The number of fused-ring (bicyclic) bond motifs is 1. The van der Waals surface area contributed by atoms with Crippen molar-refractivity contribution in [2.24, 2.45) is 7.05 Å². The molecule has 1 unspecified atom stereocenters. The van der Waals surface area contributed by atoms with Crippen LogP contribution in [0.3, 0.4) is 0 Å². The Hall–Kier alpha value is -3.68. The predicted molar refractivity (Wildman–Crippen MR) is 111 cm³/mol. The van der Waals surface area contributed by atoms with Crippen LogP contribution in [0.2, 0.25) is 0 Å². The molecule has 0 radical (unpaired) electrons. The molecular formula is C22H21FN4O3. The number of aromatic nitrogens is 4. The van der Waals surface area contributed by atoms with Gasteiger partial charge in [-0.3, -0.25) is 14.2 Å². The minimum absolute atomic E-state index is 0.111. The minimum atomic E-state index is -1.43. The fourth-order valence-electron chi connectivity index (χ4n) is 3.40. The summed E-state index contributed by atoms with van der Waals surface area (Å²) in [5.41, 5.74) is 3.08. The van der Waals surface area contributed by atoms with Crippen molar-refractivity contribution in [3.63, 3.8) is 0 Å². The van der Waals surface area contributed by atoms with Crippen molar-refractivity contribution in [2.75, 3.05) is 7.11 Å². The Morgan fingerprint density at radius 3 is 2.53 bits per heavy atom. The molecule has 0 saturated carbocycles. The van der Waals surface area contributed by atoms with Crippen LogP contribution in [0.15, 0.2) is 59.7 Å². The van der Waals surface area contributed by atoms with Crippen LogP contribution >= 0.6 is 0 Å². The van der Waals surface area contributed by atoms with E-state index in [9.17, 15) is 9.18 Å². The van der Waals surface area contributed by atoms with E-state index in [0.717, 1.165) is 22.2 Å². The van der Waals surface area contributed by atoms with Gasteiger partial charge >= 0.3 is 6.01 Å². The summed E-state index contributed by atoms with van der Waals surface area (Å²) in [5.74, 6) is 0.446.